The SMILES string of the molecule is NCC(C(=O)NCCc1cccs1)c1ccccc1. The Morgan fingerprint density at radius 3 is 2.63 bits per heavy atom. The fraction of sp³-hybridized carbons (Fsp3) is 0.267. The molecule has 0 saturated carbocycles. The standard InChI is InChI=1S/C15H18N2OS/c16-11-14(12-5-2-1-3-6-12)15(18)17-9-8-13-7-4-10-19-13/h1-7,10,14H,8-9,11,16H2,(H,17,18). The molecule has 1 aromatic heterocycles. The van der Waals surface area contributed by atoms with Crippen LogP contribution in [0.25, 0.3) is 0 Å². The van der Waals surface area contributed by atoms with Crippen LogP contribution in [0.4, 0.5) is 0 Å². The summed E-state index contributed by atoms with van der Waals surface area (Å²) in [4.78, 5) is 13.4. The Bertz CT molecular complexity index is 496. The lowest BCUT2D eigenvalue weighted by atomic mass is 9.98. The summed E-state index contributed by atoms with van der Waals surface area (Å²) < 4.78 is 0. The van der Waals surface area contributed by atoms with Crippen LogP contribution in [0.2, 0.25) is 0 Å². The minimum absolute atomic E-state index is 0.00487. The second-order valence-corrected chi connectivity index (χ2v) is 5.35. The molecule has 0 radical (unpaired) electrons. The molecule has 2 aromatic rings. The van der Waals surface area contributed by atoms with E-state index in [4.69, 9.17) is 5.73 Å². The van der Waals surface area contributed by atoms with Gasteiger partial charge in [-0.1, -0.05) is 36.4 Å². The molecule has 19 heavy (non-hydrogen) atoms. The van der Waals surface area contributed by atoms with E-state index in [-0.39, 0.29) is 11.8 Å². The lowest BCUT2D eigenvalue weighted by Crippen LogP contribution is -2.34. The van der Waals surface area contributed by atoms with E-state index < -0.39 is 0 Å². The van der Waals surface area contributed by atoms with Crippen molar-refractivity contribution in [3.05, 3.63) is 58.3 Å². The van der Waals surface area contributed by atoms with Gasteiger partial charge in [-0.15, -0.1) is 11.3 Å². The molecule has 0 aliphatic carbocycles. The second kappa shape index (κ2) is 7.07. The number of hydrogen-bond donors (Lipinski definition) is 2. The molecule has 1 unspecified atom stereocenters. The van der Waals surface area contributed by atoms with Crippen LogP contribution >= 0.6 is 11.3 Å². The first-order valence-electron chi connectivity index (χ1n) is 6.36. The third-order valence-corrected chi connectivity index (χ3v) is 3.94. The van der Waals surface area contributed by atoms with Gasteiger partial charge in [0.05, 0.1) is 5.92 Å². The number of carbonyl (C=O) groups excluding carboxylic acids is 1. The van der Waals surface area contributed by atoms with Crippen LogP contribution in [0, 0.1) is 0 Å². The lowest BCUT2D eigenvalue weighted by Gasteiger charge is -2.15. The summed E-state index contributed by atoms with van der Waals surface area (Å²) in [6, 6.07) is 13.8. The van der Waals surface area contributed by atoms with Gasteiger partial charge in [-0.3, -0.25) is 4.79 Å². The van der Waals surface area contributed by atoms with Crippen LogP contribution < -0.4 is 11.1 Å². The van der Waals surface area contributed by atoms with E-state index in [0.717, 1.165) is 12.0 Å². The van der Waals surface area contributed by atoms with Gasteiger partial charge >= 0.3 is 0 Å². The molecule has 1 amide bonds. The Hall–Kier alpha value is -1.65. The van der Waals surface area contributed by atoms with Gasteiger partial charge < -0.3 is 11.1 Å². The number of nitrogens with one attached hydrogen (secondary N) is 1. The Labute approximate surface area is 117 Å². The number of carbonyl (C=O) groups is 1. The van der Waals surface area contributed by atoms with Gasteiger partial charge in [-0.2, -0.15) is 0 Å². The summed E-state index contributed by atoms with van der Waals surface area (Å²) in [6.45, 7) is 0.984. The second-order valence-electron chi connectivity index (χ2n) is 4.32. The fourth-order valence-corrected chi connectivity index (χ4v) is 2.68. The molecular formula is C15H18N2OS. The van der Waals surface area contributed by atoms with Crippen molar-refractivity contribution in [2.75, 3.05) is 13.1 Å². The van der Waals surface area contributed by atoms with Gasteiger partial charge in [0.1, 0.15) is 0 Å². The highest BCUT2D eigenvalue weighted by Crippen LogP contribution is 2.14. The molecule has 100 valence electrons. The molecule has 0 aliphatic heterocycles. The Balaban J connectivity index is 1.87. The first kappa shape index (κ1) is 13.8. The van der Waals surface area contributed by atoms with E-state index in [2.05, 4.69) is 11.4 Å². The van der Waals surface area contributed by atoms with Gasteiger partial charge in [0.25, 0.3) is 0 Å². The average Bonchev–Trinajstić information content (AvgIpc) is 2.94. The molecule has 2 rings (SSSR count). The molecule has 3 N–H and O–H groups in total. The molecule has 0 aliphatic rings. The number of thiophene rings is 1. The summed E-state index contributed by atoms with van der Waals surface area (Å²) >= 11 is 1.71. The molecule has 0 spiro atoms. The highest BCUT2D eigenvalue weighted by Gasteiger charge is 2.17. The fourth-order valence-electron chi connectivity index (χ4n) is 1.97. The molecule has 0 bridgehead atoms. The van der Waals surface area contributed by atoms with Gasteiger partial charge in [0.15, 0.2) is 0 Å². The highest BCUT2D eigenvalue weighted by atomic mass is 32.1. The first-order chi connectivity index (χ1) is 9.31. The maximum Gasteiger partial charge on any atom is 0.228 e. The van der Waals surface area contributed by atoms with Crippen molar-refractivity contribution in [1.82, 2.24) is 5.32 Å². The molecule has 1 aromatic carbocycles. The lowest BCUT2D eigenvalue weighted by molar-refractivity contribution is -0.122. The van der Waals surface area contributed by atoms with Crippen molar-refractivity contribution in [2.24, 2.45) is 5.73 Å². The van der Waals surface area contributed by atoms with Crippen molar-refractivity contribution >= 4 is 17.2 Å². The van der Waals surface area contributed by atoms with Crippen LogP contribution in [0.5, 0.6) is 0 Å². The predicted molar refractivity (Wildman–Crippen MR) is 79.3 cm³/mol. The van der Waals surface area contributed by atoms with Crippen LogP contribution in [0.1, 0.15) is 16.4 Å². The quantitative estimate of drug-likeness (QED) is 0.848. The third kappa shape index (κ3) is 3.91. The summed E-state index contributed by atoms with van der Waals surface area (Å²) in [7, 11) is 0. The van der Waals surface area contributed by atoms with E-state index in [1.54, 1.807) is 11.3 Å². The smallest absolute Gasteiger partial charge is 0.228 e. The van der Waals surface area contributed by atoms with Crippen LogP contribution in [0.15, 0.2) is 47.8 Å². The molecule has 1 heterocycles. The van der Waals surface area contributed by atoms with Crippen molar-refractivity contribution in [3.63, 3.8) is 0 Å². The minimum Gasteiger partial charge on any atom is -0.355 e. The number of benzene rings is 1. The molecule has 3 nitrogen and oxygen atoms in total. The monoisotopic (exact) mass is 274 g/mol. The average molecular weight is 274 g/mol. The summed E-state index contributed by atoms with van der Waals surface area (Å²) in [5.74, 6) is -0.255. The molecule has 0 fully saturated rings. The van der Waals surface area contributed by atoms with Gasteiger partial charge in [0, 0.05) is 18.0 Å². The van der Waals surface area contributed by atoms with Gasteiger partial charge in [-0.05, 0) is 23.4 Å². The zero-order chi connectivity index (χ0) is 13.5. The first-order valence-corrected chi connectivity index (χ1v) is 7.24. The number of hydrogen-bond acceptors (Lipinski definition) is 3. The number of nitrogens with two attached hydrogens (primary N) is 1. The van der Waals surface area contributed by atoms with Crippen molar-refractivity contribution in [3.8, 4) is 0 Å². The van der Waals surface area contributed by atoms with Crippen LogP contribution in [-0.4, -0.2) is 19.0 Å². The van der Waals surface area contributed by atoms with Crippen molar-refractivity contribution in [1.29, 1.82) is 0 Å². The zero-order valence-corrected chi connectivity index (χ0v) is 11.5. The van der Waals surface area contributed by atoms with Gasteiger partial charge in [0.2, 0.25) is 5.91 Å². The van der Waals surface area contributed by atoms with Crippen LogP contribution in [0.3, 0.4) is 0 Å². The highest BCUT2D eigenvalue weighted by molar-refractivity contribution is 7.09. The predicted octanol–water partition coefficient (Wildman–Crippen LogP) is 2.15. The van der Waals surface area contributed by atoms with Gasteiger partial charge in [-0.25, -0.2) is 0 Å². The Morgan fingerprint density at radius 2 is 2.00 bits per heavy atom. The van der Waals surface area contributed by atoms with E-state index in [1.165, 1.54) is 4.88 Å². The van der Waals surface area contributed by atoms with Crippen molar-refractivity contribution in [2.45, 2.75) is 12.3 Å². The van der Waals surface area contributed by atoms with Crippen LogP contribution in [-0.2, 0) is 11.2 Å². The van der Waals surface area contributed by atoms with E-state index >= 15 is 0 Å². The third-order valence-electron chi connectivity index (χ3n) is 3.00. The molecule has 1 atom stereocenters. The number of rotatable bonds is 6. The summed E-state index contributed by atoms with van der Waals surface area (Å²) in [5.41, 5.74) is 6.68. The van der Waals surface area contributed by atoms with E-state index in [1.807, 2.05) is 41.8 Å². The molecule has 4 heteroatoms. The number of amides is 1. The normalized spacial score (nSPS) is 12.1. The molecular weight excluding hydrogens is 256 g/mol. The Kier molecular flexibility index (Phi) is 5.12. The minimum atomic E-state index is -0.260. The summed E-state index contributed by atoms with van der Waals surface area (Å²) in [5, 5.41) is 5.00. The largest absolute Gasteiger partial charge is 0.355 e. The van der Waals surface area contributed by atoms with E-state index in [9.17, 15) is 4.79 Å². The zero-order valence-electron chi connectivity index (χ0n) is 10.7. The topological polar surface area (TPSA) is 55.1 Å². The Morgan fingerprint density at radius 1 is 1.21 bits per heavy atom. The maximum absolute atomic E-state index is 12.1. The molecule has 0 saturated heterocycles. The van der Waals surface area contributed by atoms with E-state index in [0.29, 0.717) is 13.1 Å². The maximum atomic E-state index is 12.1. The van der Waals surface area contributed by atoms with Crippen molar-refractivity contribution < 1.29 is 4.79 Å². The summed E-state index contributed by atoms with van der Waals surface area (Å²) in [6.07, 6.45) is 0.871.